The highest BCUT2D eigenvalue weighted by Gasteiger charge is 2.28. The van der Waals surface area contributed by atoms with Crippen molar-refractivity contribution in [2.75, 3.05) is 7.11 Å². The summed E-state index contributed by atoms with van der Waals surface area (Å²) >= 11 is 6.00. The molecule has 0 saturated heterocycles. The summed E-state index contributed by atoms with van der Waals surface area (Å²) < 4.78 is 33.9. The summed E-state index contributed by atoms with van der Waals surface area (Å²) in [4.78, 5) is 12.8. The first-order valence-corrected chi connectivity index (χ1v) is 11.5. The van der Waals surface area contributed by atoms with Crippen molar-refractivity contribution in [3.05, 3.63) is 95.0 Å². The fourth-order valence-electron chi connectivity index (χ4n) is 3.06. The van der Waals surface area contributed by atoms with Crippen molar-refractivity contribution in [2.45, 2.75) is 23.9 Å². The number of carbonyl (C=O) groups is 1. The number of benzene rings is 3. The Kier molecular flexibility index (Phi) is 7.68. The molecule has 162 valence electrons. The molecular weight excluding hydrogens is 436 g/mol. The van der Waals surface area contributed by atoms with Crippen LogP contribution in [0, 0.1) is 0 Å². The third-order valence-electron chi connectivity index (χ3n) is 4.62. The topological polar surface area (TPSA) is 84.5 Å². The van der Waals surface area contributed by atoms with Crippen LogP contribution >= 0.6 is 11.6 Å². The van der Waals surface area contributed by atoms with Gasteiger partial charge in [0.2, 0.25) is 15.9 Å². The Labute approximate surface area is 187 Å². The van der Waals surface area contributed by atoms with E-state index in [1.165, 1.54) is 25.3 Å². The van der Waals surface area contributed by atoms with Crippen molar-refractivity contribution >= 4 is 27.5 Å². The maximum atomic E-state index is 13.1. The second kappa shape index (κ2) is 10.4. The van der Waals surface area contributed by atoms with Gasteiger partial charge >= 0.3 is 0 Å². The zero-order valence-electron chi connectivity index (χ0n) is 16.9. The molecule has 3 aromatic rings. The number of nitrogens with one attached hydrogen (secondary N) is 2. The second-order valence-corrected chi connectivity index (χ2v) is 8.98. The van der Waals surface area contributed by atoms with Crippen molar-refractivity contribution in [3.63, 3.8) is 0 Å². The van der Waals surface area contributed by atoms with Crippen LogP contribution in [0.1, 0.15) is 11.1 Å². The maximum Gasteiger partial charge on any atom is 0.245 e. The van der Waals surface area contributed by atoms with Crippen molar-refractivity contribution in [1.82, 2.24) is 10.0 Å². The summed E-state index contributed by atoms with van der Waals surface area (Å²) in [6.45, 7) is 0.285. The third kappa shape index (κ3) is 6.30. The number of rotatable bonds is 9. The predicted octanol–water partition coefficient (Wildman–Crippen LogP) is 3.55. The molecule has 0 radical (unpaired) electrons. The zero-order valence-corrected chi connectivity index (χ0v) is 18.5. The Morgan fingerprint density at radius 3 is 2.19 bits per heavy atom. The number of sulfonamides is 1. The van der Waals surface area contributed by atoms with Gasteiger partial charge in [-0.2, -0.15) is 4.72 Å². The average molecular weight is 459 g/mol. The fourth-order valence-corrected chi connectivity index (χ4v) is 4.68. The van der Waals surface area contributed by atoms with Crippen LogP contribution in [0.2, 0.25) is 5.02 Å². The molecule has 3 rings (SSSR count). The van der Waals surface area contributed by atoms with Crippen LogP contribution in [0.5, 0.6) is 5.75 Å². The number of ether oxygens (including phenoxy) is 1. The summed E-state index contributed by atoms with van der Waals surface area (Å²) in [5.41, 5.74) is 1.73. The Morgan fingerprint density at radius 2 is 1.58 bits per heavy atom. The number of methoxy groups -OCH3 is 1. The summed E-state index contributed by atoms with van der Waals surface area (Å²) in [5, 5.41) is 3.05. The van der Waals surface area contributed by atoms with Gasteiger partial charge in [-0.1, -0.05) is 72.3 Å². The molecular formula is C23H23ClN2O4S. The first kappa shape index (κ1) is 22.8. The normalized spacial score (nSPS) is 12.2. The molecule has 0 heterocycles. The smallest absolute Gasteiger partial charge is 0.245 e. The molecule has 1 amide bonds. The minimum Gasteiger partial charge on any atom is -0.495 e. The first-order chi connectivity index (χ1) is 14.9. The lowest BCUT2D eigenvalue weighted by Gasteiger charge is -2.20. The van der Waals surface area contributed by atoms with Crippen LogP contribution in [-0.2, 0) is 27.8 Å². The first-order valence-electron chi connectivity index (χ1n) is 9.60. The number of amides is 1. The Morgan fingerprint density at radius 1 is 0.968 bits per heavy atom. The standard InChI is InChI=1S/C23H23ClN2O4S/c1-30-21-13-12-19(24)15-22(21)31(28,29)26-20(14-17-8-4-2-5-9-17)23(27)25-16-18-10-6-3-7-11-18/h2-13,15,20,26H,14,16H2,1H3,(H,25,27)/t20-/m0/s1. The van der Waals surface area contributed by atoms with Gasteiger partial charge in [-0.05, 0) is 35.7 Å². The van der Waals surface area contributed by atoms with E-state index in [0.29, 0.717) is 0 Å². The predicted molar refractivity (Wildman–Crippen MR) is 121 cm³/mol. The van der Waals surface area contributed by atoms with E-state index in [4.69, 9.17) is 16.3 Å². The van der Waals surface area contributed by atoms with Gasteiger partial charge in [0, 0.05) is 11.6 Å². The average Bonchev–Trinajstić information content (AvgIpc) is 2.78. The molecule has 3 aromatic carbocycles. The molecule has 0 bridgehead atoms. The molecule has 6 nitrogen and oxygen atoms in total. The summed E-state index contributed by atoms with van der Waals surface area (Å²) in [6, 6.07) is 21.9. The van der Waals surface area contributed by atoms with Crippen LogP contribution in [0.15, 0.2) is 83.8 Å². The fraction of sp³-hybridized carbons (Fsp3) is 0.174. The summed E-state index contributed by atoms with van der Waals surface area (Å²) in [7, 11) is -2.72. The Hall–Kier alpha value is -2.87. The van der Waals surface area contributed by atoms with Crippen molar-refractivity contribution in [2.24, 2.45) is 0 Å². The minimum absolute atomic E-state index is 0.128. The lowest BCUT2D eigenvalue weighted by molar-refractivity contribution is -0.122. The highest BCUT2D eigenvalue weighted by molar-refractivity contribution is 7.89. The molecule has 8 heteroatoms. The summed E-state index contributed by atoms with van der Waals surface area (Å²) in [5.74, 6) is -0.294. The van der Waals surface area contributed by atoms with Crippen LogP contribution in [-0.4, -0.2) is 27.5 Å². The van der Waals surface area contributed by atoms with E-state index in [1.54, 1.807) is 0 Å². The minimum atomic E-state index is -4.09. The number of hydrogen-bond donors (Lipinski definition) is 2. The molecule has 0 spiro atoms. The SMILES string of the molecule is COc1ccc(Cl)cc1S(=O)(=O)N[C@@H](Cc1ccccc1)C(=O)NCc1ccccc1. The van der Waals surface area contributed by atoms with Crippen molar-refractivity contribution < 1.29 is 17.9 Å². The molecule has 0 unspecified atom stereocenters. The third-order valence-corrected chi connectivity index (χ3v) is 6.35. The molecule has 31 heavy (non-hydrogen) atoms. The summed E-state index contributed by atoms with van der Waals surface area (Å²) in [6.07, 6.45) is 0.184. The molecule has 0 aliphatic heterocycles. The number of halogens is 1. The van der Waals surface area contributed by atoms with Gasteiger partial charge in [0.05, 0.1) is 7.11 Å². The highest BCUT2D eigenvalue weighted by atomic mass is 35.5. The maximum absolute atomic E-state index is 13.1. The van der Waals surface area contributed by atoms with Gasteiger partial charge in [0.25, 0.3) is 0 Å². The van der Waals surface area contributed by atoms with Crippen molar-refractivity contribution in [3.8, 4) is 5.75 Å². The van der Waals surface area contributed by atoms with E-state index >= 15 is 0 Å². The van der Waals surface area contributed by atoms with E-state index < -0.39 is 22.0 Å². The van der Waals surface area contributed by atoms with E-state index in [0.717, 1.165) is 11.1 Å². The van der Waals surface area contributed by atoms with Gasteiger partial charge in [-0.15, -0.1) is 0 Å². The molecule has 0 saturated carbocycles. The van der Waals surface area contributed by atoms with E-state index in [1.807, 2.05) is 60.7 Å². The van der Waals surface area contributed by atoms with Crippen LogP contribution in [0.25, 0.3) is 0 Å². The zero-order chi connectivity index (χ0) is 22.3. The monoisotopic (exact) mass is 458 g/mol. The lowest BCUT2D eigenvalue weighted by Crippen LogP contribution is -2.47. The quantitative estimate of drug-likeness (QED) is 0.513. The van der Waals surface area contributed by atoms with Gasteiger partial charge in [-0.25, -0.2) is 8.42 Å². The highest BCUT2D eigenvalue weighted by Crippen LogP contribution is 2.27. The van der Waals surface area contributed by atoms with E-state index in [2.05, 4.69) is 10.0 Å². The molecule has 2 N–H and O–H groups in total. The molecule has 0 fully saturated rings. The van der Waals surface area contributed by atoms with Crippen LogP contribution in [0.3, 0.4) is 0 Å². The second-order valence-electron chi connectivity index (χ2n) is 6.86. The van der Waals surface area contributed by atoms with E-state index in [9.17, 15) is 13.2 Å². The van der Waals surface area contributed by atoms with Crippen molar-refractivity contribution in [1.29, 1.82) is 0 Å². The van der Waals surface area contributed by atoms with Crippen LogP contribution < -0.4 is 14.8 Å². The van der Waals surface area contributed by atoms with E-state index in [-0.39, 0.29) is 28.6 Å². The molecule has 1 atom stereocenters. The van der Waals surface area contributed by atoms with Gasteiger partial charge in [0.15, 0.2) is 0 Å². The van der Waals surface area contributed by atoms with Gasteiger partial charge < -0.3 is 10.1 Å². The number of carbonyl (C=O) groups excluding carboxylic acids is 1. The largest absolute Gasteiger partial charge is 0.495 e. The number of hydrogen-bond acceptors (Lipinski definition) is 4. The Bertz CT molecular complexity index is 1120. The lowest BCUT2D eigenvalue weighted by atomic mass is 10.1. The Balaban J connectivity index is 1.85. The van der Waals surface area contributed by atoms with Crippen LogP contribution in [0.4, 0.5) is 0 Å². The van der Waals surface area contributed by atoms with Gasteiger partial charge in [0.1, 0.15) is 16.7 Å². The molecule has 0 aromatic heterocycles. The van der Waals surface area contributed by atoms with Gasteiger partial charge in [-0.3, -0.25) is 4.79 Å². The molecule has 0 aliphatic rings. The molecule has 0 aliphatic carbocycles.